The molecule has 1 atom stereocenters. The quantitative estimate of drug-likeness (QED) is 0.246. The first-order chi connectivity index (χ1) is 4.58. The second kappa shape index (κ2) is 1.88. The van der Waals surface area contributed by atoms with Crippen LogP contribution in [-0.4, -0.2) is 17.5 Å². The predicted molar refractivity (Wildman–Crippen MR) is 35.2 cm³/mol. The lowest BCUT2D eigenvalue weighted by Crippen LogP contribution is -2.68. The normalized spacial score (nSPS) is 27.8. The molecule has 0 aromatic rings. The van der Waals surface area contributed by atoms with Gasteiger partial charge in [0.1, 0.15) is 6.04 Å². The molecule has 10 heavy (non-hydrogen) atoms. The topological polar surface area (TPSA) is 77.9 Å². The number of nitrogens with one attached hydrogen (secondary N) is 1. The molecule has 0 bridgehead atoms. The zero-order valence-electron chi connectivity index (χ0n) is 5.83. The van der Waals surface area contributed by atoms with E-state index < -0.39 is 6.04 Å². The van der Waals surface area contributed by atoms with Crippen LogP contribution in [0.1, 0.15) is 13.8 Å². The Balaban J connectivity index is 2.74. The minimum Gasteiger partial charge on any atom is -0.350 e. The molecule has 0 spiro atoms. The van der Waals surface area contributed by atoms with Crippen LogP contribution in [0.4, 0.5) is 0 Å². The molecule has 54 valence electrons. The van der Waals surface area contributed by atoms with Gasteiger partial charge in [0, 0.05) is 4.91 Å². The summed E-state index contributed by atoms with van der Waals surface area (Å²) in [5.74, 6) is -0.192. The molecule has 1 N–H and O–H groups in total. The van der Waals surface area contributed by atoms with Gasteiger partial charge in [0.15, 0.2) is 0 Å². The summed E-state index contributed by atoms with van der Waals surface area (Å²) in [6.07, 6.45) is 0. The summed E-state index contributed by atoms with van der Waals surface area (Å²) in [4.78, 5) is 13.2. The molecule has 1 fully saturated rings. The molecule has 0 aromatic carbocycles. The summed E-state index contributed by atoms with van der Waals surface area (Å²) in [6.45, 7) is 3.63. The van der Waals surface area contributed by atoms with E-state index in [-0.39, 0.29) is 11.4 Å². The van der Waals surface area contributed by atoms with Crippen LogP contribution in [0.3, 0.4) is 0 Å². The summed E-state index contributed by atoms with van der Waals surface area (Å²) in [5, 5.41) is 5.95. The molecule has 0 saturated carbocycles. The molecular weight excluding hydrogens is 132 g/mol. The lowest BCUT2D eigenvalue weighted by molar-refractivity contribution is -0.133. The maximum absolute atomic E-state index is 10.7. The molecule has 1 aliphatic rings. The summed E-state index contributed by atoms with van der Waals surface area (Å²) in [6, 6.07) is -0.530. The fourth-order valence-corrected chi connectivity index (χ4v) is 0.953. The number of hydrogen-bond donors (Lipinski definition) is 1. The van der Waals surface area contributed by atoms with Crippen molar-refractivity contribution < 1.29 is 4.79 Å². The van der Waals surface area contributed by atoms with E-state index in [1.54, 1.807) is 0 Å². The van der Waals surface area contributed by atoms with E-state index in [0.29, 0.717) is 0 Å². The van der Waals surface area contributed by atoms with E-state index in [4.69, 9.17) is 5.53 Å². The predicted octanol–water partition coefficient (Wildman–Crippen LogP) is 0.574. The Morgan fingerprint density at radius 2 is 2.40 bits per heavy atom. The first kappa shape index (κ1) is 6.89. The number of carbonyl (C=O) groups is 1. The van der Waals surface area contributed by atoms with E-state index in [2.05, 4.69) is 15.3 Å². The highest BCUT2D eigenvalue weighted by Crippen LogP contribution is 2.22. The van der Waals surface area contributed by atoms with E-state index in [1.165, 1.54) is 0 Å². The van der Waals surface area contributed by atoms with E-state index in [1.807, 2.05) is 13.8 Å². The summed E-state index contributed by atoms with van der Waals surface area (Å²) >= 11 is 0. The first-order valence-corrected chi connectivity index (χ1v) is 2.94. The van der Waals surface area contributed by atoms with Crippen LogP contribution < -0.4 is 5.32 Å². The van der Waals surface area contributed by atoms with Crippen molar-refractivity contribution in [3.8, 4) is 0 Å². The number of hydrogen-bond acceptors (Lipinski definition) is 2. The Hall–Kier alpha value is -1.22. The highest BCUT2D eigenvalue weighted by atomic mass is 16.2. The number of nitrogens with zero attached hydrogens (tertiary/aromatic N) is 3. The molecule has 0 radical (unpaired) electrons. The number of amides is 1. The molecule has 1 saturated heterocycles. The Morgan fingerprint density at radius 1 is 1.80 bits per heavy atom. The van der Waals surface area contributed by atoms with E-state index >= 15 is 0 Å². The Kier molecular flexibility index (Phi) is 1.30. The molecule has 1 rings (SSSR count). The minimum absolute atomic E-state index is 0.192. The van der Waals surface area contributed by atoms with E-state index in [0.717, 1.165) is 0 Å². The van der Waals surface area contributed by atoms with Crippen molar-refractivity contribution in [2.45, 2.75) is 25.4 Å². The molecule has 1 amide bonds. The zero-order chi connectivity index (χ0) is 7.78. The lowest BCUT2D eigenvalue weighted by atomic mass is 9.86. The van der Waals surface area contributed by atoms with Crippen molar-refractivity contribution in [3.63, 3.8) is 0 Å². The molecule has 0 aliphatic carbocycles. The van der Waals surface area contributed by atoms with Gasteiger partial charge in [-0.3, -0.25) is 4.79 Å². The van der Waals surface area contributed by atoms with Gasteiger partial charge in [0.25, 0.3) is 0 Å². The van der Waals surface area contributed by atoms with Crippen LogP contribution in [-0.2, 0) is 4.79 Å². The third-order valence-corrected chi connectivity index (χ3v) is 1.54. The van der Waals surface area contributed by atoms with Crippen LogP contribution in [0.2, 0.25) is 0 Å². The molecule has 5 nitrogen and oxygen atoms in total. The van der Waals surface area contributed by atoms with Gasteiger partial charge in [-0.05, 0) is 19.4 Å². The second-order valence-corrected chi connectivity index (χ2v) is 2.82. The highest BCUT2D eigenvalue weighted by Gasteiger charge is 2.45. The van der Waals surface area contributed by atoms with Crippen molar-refractivity contribution in [2.75, 3.05) is 0 Å². The zero-order valence-corrected chi connectivity index (χ0v) is 5.83. The third kappa shape index (κ3) is 0.804. The second-order valence-electron chi connectivity index (χ2n) is 2.82. The molecule has 0 aromatic heterocycles. The lowest BCUT2D eigenvalue weighted by Gasteiger charge is -2.41. The molecule has 5 heteroatoms. The summed E-state index contributed by atoms with van der Waals surface area (Å²) < 4.78 is 0. The van der Waals surface area contributed by atoms with Crippen molar-refractivity contribution in [3.05, 3.63) is 10.4 Å². The van der Waals surface area contributed by atoms with Crippen molar-refractivity contribution in [1.29, 1.82) is 0 Å². The Labute approximate surface area is 58.0 Å². The highest BCUT2D eigenvalue weighted by molar-refractivity contribution is 5.90. The summed E-state index contributed by atoms with van der Waals surface area (Å²) in [7, 11) is 0. The number of β-lactam (4-membered cyclic amide) rings is 1. The monoisotopic (exact) mass is 140 g/mol. The van der Waals surface area contributed by atoms with Gasteiger partial charge >= 0.3 is 0 Å². The van der Waals surface area contributed by atoms with Crippen LogP contribution in [0, 0.1) is 0 Å². The molecular formula is C5H8N4O. The van der Waals surface area contributed by atoms with Gasteiger partial charge in [-0.25, -0.2) is 0 Å². The van der Waals surface area contributed by atoms with Crippen LogP contribution in [0.25, 0.3) is 10.4 Å². The van der Waals surface area contributed by atoms with Gasteiger partial charge < -0.3 is 5.32 Å². The Morgan fingerprint density at radius 3 is 2.60 bits per heavy atom. The number of rotatable bonds is 1. The maximum Gasteiger partial charge on any atom is 0.231 e. The molecule has 1 aliphatic heterocycles. The number of azide groups is 1. The minimum atomic E-state index is -0.530. The van der Waals surface area contributed by atoms with Gasteiger partial charge in [0.05, 0.1) is 5.54 Å². The van der Waals surface area contributed by atoms with Crippen molar-refractivity contribution >= 4 is 5.91 Å². The number of carbonyl (C=O) groups excluding carboxylic acids is 1. The smallest absolute Gasteiger partial charge is 0.231 e. The first-order valence-electron chi connectivity index (χ1n) is 2.94. The average Bonchev–Trinajstić information content (AvgIpc) is 1.82. The average molecular weight is 140 g/mol. The van der Waals surface area contributed by atoms with Gasteiger partial charge in [-0.15, -0.1) is 0 Å². The maximum atomic E-state index is 10.7. The largest absolute Gasteiger partial charge is 0.350 e. The van der Waals surface area contributed by atoms with Gasteiger partial charge in [-0.1, -0.05) is 5.11 Å². The SMILES string of the molecule is CC1(C)NC(=O)C1N=[N+]=[N-]. The van der Waals surface area contributed by atoms with Gasteiger partial charge in [0.2, 0.25) is 5.91 Å². The third-order valence-electron chi connectivity index (χ3n) is 1.54. The standard InChI is InChI=1S/C5H8N4O/c1-5(2)3(8-9-6)4(10)7-5/h3H,1-2H3,(H,7,10). The summed E-state index contributed by atoms with van der Waals surface area (Å²) in [5.41, 5.74) is 7.67. The van der Waals surface area contributed by atoms with Crippen molar-refractivity contribution in [1.82, 2.24) is 5.32 Å². The van der Waals surface area contributed by atoms with E-state index in [9.17, 15) is 4.79 Å². The van der Waals surface area contributed by atoms with Crippen LogP contribution in [0.5, 0.6) is 0 Å². The molecule has 1 heterocycles. The van der Waals surface area contributed by atoms with Crippen molar-refractivity contribution in [2.24, 2.45) is 5.11 Å². The molecule has 1 unspecified atom stereocenters. The van der Waals surface area contributed by atoms with Gasteiger partial charge in [-0.2, -0.15) is 0 Å². The Bertz CT molecular complexity index is 214. The fourth-order valence-electron chi connectivity index (χ4n) is 0.953. The fraction of sp³-hybridized carbons (Fsp3) is 0.800. The van der Waals surface area contributed by atoms with Crippen LogP contribution in [0.15, 0.2) is 5.11 Å². The van der Waals surface area contributed by atoms with Crippen LogP contribution >= 0.6 is 0 Å².